The van der Waals surface area contributed by atoms with Crippen LogP contribution >= 0.6 is 11.6 Å². The highest BCUT2D eigenvalue weighted by atomic mass is 35.5. The lowest BCUT2D eigenvalue weighted by atomic mass is 9.87. The number of rotatable bonds is 5. The van der Waals surface area contributed by atoms with Crippen LogP contribution in [0.4, 0.5) is 5.95 Å². The summed E-state index contributed by atoms with van der Waals surface area (Å²) in [6.07, 6.45) is 1.46. The monoisotopic (exact) mass is 404 g/mol. The molecule has 2 aromatic carbocycles. The number of hydrogen-bond acceptors (Lipinski definition) is 4. The first-order valence-electron chi connectivity index (χ1n) is 8.41. The molecule has 0 amide bonds. The van der Waals surface area contributed by atoms with E-state index in [1.165, 1.54) is 11.0 Å². The minimum atomic E-state index is -3.76. The molecule has 1 heterocycles. The first kappa shape index (κ1) is 19.4. The fourth-order valence-electron chi connectivity index (χ4n) is 2.53. The molecule has 0 atom stereocenters. The number of hydrogen-bond donors (Lipinski definition) is 1. The van der Waals surface area contributed by atoms with Crippen LogP contribution in [0.1, 0.15) is 31.9 Å². The Bertz CT molecular complexity index is 1040. The van der Waals surface area contributed by atoms with Gasteiger partial charge in [-0.05, 0) is 34.7 Å². The molecule has 0 spiro atoms. The van der Waals surface area contributed by atoms with Gasteiger partial charge in [0.2, 0.25) is 0 Å². The van der Waals surface area contributed by atoms with Gasteiger partial charge in [-0.2, -0.15) is 4.98 Å². The number of nitrogens with zero attached hydrogens (tertiary/aromatic N) is 3. The van der Waals surface area contributed by atoms with Gasteiger partial charge in [-0.15, -0.1) is 5.10 Å². The highest BCUT2D eigenvalue weighted by molar-refractivity contribution is 7.92. The molecule has 0 saturated carbocycles. The van der Waals surface area contributed by atoms with Crippen molar-refractivity contribution in [3.8, 4) is 0 Å². The molecule has 6 nitrogen and oxygen atoms in total. The van der Waals surface area contributed by atoms with Crippen molar-refractivity contribution in [1.29, 1.82) is 0 Å². The van der Waals surface area contributed by atoms with E-state index in [9.17, 15) is 8.42 Å². The van der Waals surface area contributed by atoms with Crippen LogP contribution in [-0.2, 0) is 22.0 Å². The van der Waals surface area contributed by atoms with Gasteiger partial charge in [0.15, 0.2) is 0 Å². The van der Waals surface area contributed by atoms with E-state index >= 15 is 0 Å². The molecule has 3 aromatic rings. The van der Waals surface area contributed by atoms with Crippen molar-refractivity contribution in [2.45, 2.75) is 37.6 Å². The molecule has 1 N–H and O–H groups in total. The van der Waals surface area contributed by atoms with Crippen molar-refractivity contribution in [2.75, 3.05) is 4.72 Å². The maximum atomic E-state index is 12.6. The van der Waals surface area contributed by atoms with Gasteiger partial charge in [0.25, 0.3) is 16.0 Å². The summed E-state index contributed by atoms with van der Waals surface area (Å²) in [5, 5.41) is 4.79. The Hall–Kier alpha value is -2.38. The number of benzene rings is 2. The SMILES string of the molecule is CC(C)(C)c1ccc(S(=O)(=O)Nc2ncn(Cc3ccccc3Cl)n2)cc1. The predicted octanol–water partition coefficient (Wildman–Crippen LogP) is 4.08. The summed E-state index contributed by atoms with van der Waals surface area (Å²) in [5.74, 6) is 0.0157. The maximum absolute atomic E-state index is 12.6. The van der Waals surface area contributed by atoms with Crippen LogP contribution in [0.3, 0.4) is 0 Å². The number of halogens is 1. The van der Waals surface area contributed by atoms with E-state index in [2.05, 4.69) is 35.6 Å². The first-order chi connectivity index (χ1) is 12.6. The molecule has 0 saturated heterocycles. The van der Waals surface area contributed by atoms with Crippen LogP contribution in [0.2, 0.25) is 5.02 Å². The van der Waals surface area contributed by atoms with Crippen LogP contribution in [0.15, 0.2) is 59.8 Å². The van der Waals surface area contributed by atoms with Crippen LogP contribution < -0.4 is 4.72 Å². The summed E-state index contributed by atoms with van der Waals surface area (Å²) >= 11 is 6.14. The Balaban J connectivity index is 1.75. The van der Waals surface area contributed by atoms with Gasteiger partial charge in [0, 0.05) is 5.02 Å². The van der Waals surface area contributed by atoms with E-state index in [0.29, 0.717) is 11.6 Å². The van der Waals surface area contributed by atoms with Crippen LogP contribution in [0, 0.1) is 0 Å². The minimum absolute atomic E-state index is 0.0157. The molecule has 27 heavy (non-hydrogen) atoms. The summed E-state index contributed by atoms with van der Waals surface area (Å²) in [6.45, 7) is 6.62. The average molecular weight is 405 g/mol. The van der Waals surface area contributed by atoms with Crippen molar-refractivity contribution >= 4 is 27.6 Å². The molecule has 0 unspecified atom stereocenters. The van der Waals surface area contributed by atoms with E-state index in [1.807, 2.05) is 30.3 Å². The largest absolute Gasteiger partial charge is 0.264 e. The van der Waals surface area contributed by atoms with Crippen LogP contribution in [0.5, 0.6) is 0 Å². The minimum Gasteiger partial charge on any atom is -0.246 e. The maximum Gasteiger partial charge on any atom is 0.264 e. The molecule has 0 fully saturated rings. The van der Waals surface area contributed by atoms with Crippen molar-refractivity contribution in [3.05, 3.63) is 71.0 Å². The second-order valence-electron chi connectivity index (χ2n) is 7.24. The average Bonchev–Trinajstić information content (AvgIpc) is 3.02. The number of nitrogens with one attached hydrogen (secondary N) is 1. The highest BCUT2D eigenvalue weighted by Gasteiger charge is 2.19. The van der Waals surface area contributed by atoms with Gasteiger partial charge in [0.05, 0.1) is 11.4 Å². The van der Waals surface area contributed by atoms with Crippen LogP contribution in [-0.4, -0.2) is 23.2 Å². The van der Waals surface area contributed by atoms with Gasteiger partial charge in [0.1, 0.15) is 6.33 Å². The van der Waals surface area contributed by atoms with Gasteiger partial charge in [-0.1, -0.05) is 62.7 Å². The highest BCUT2D eigenvalue weighted by Crippen LogP contribution is 2.24. The standard InChI is InChI=1S/C19H21ClN4O2S/c1-19(2,3)15-8-10-16(11-9-15)27(25,26)23-18-21-13-24(22-18)12-14-6-4-5-7-17(14)20/h4-11,13H,12H2,1-3H3,(H,22,23). The van der Waals surface area contributed by atoms with Crippen molar-refractivity contribution in [3.63, 3.8) is 0 Å². The molecule has 3 rings (SSSR count). The predicted molar refractivity (Wildman–Crippen MR) is 107 cm³/mol. The second kappa shape index (κ2) is 7.32. The lowest BCUT2D eigenvalue weighted by Crippen LogP contribution is -2.16. The molecular formula is C19H21ClN4O2S. The first-order valence-corrected chi connectivity index (χ1v) is 10.3. The zero-order valence-corrected chi connectivity index (χ0v) is 16.9. The number of anilines is 1. The molecule has 8 heteroatoms. The van der Waals surface area contributed by atoms with Gasteiger partial charge >= 0.3 is 0 Å². The summed E-state index contributed by atoms with van der Waals surface area (Å²) < 4.78 is 29.1. The molecule has 0 radical (unpaired) electrons. The van der Waals surface area contributed by atoms with Gasteiger partial charge in [-0.3, -0.25) is 0 Å². The smallest absolute Gasteiger partial charge is 0.246 e. The zero-order chi connectivity index (χ0) is 19.7. The summed E-state index contributed by atoms with van der Waals surface area (Å²) in [5.41, 5.74) is 1.88. The third kappa shape index (κ3) is 4.67. The number of aromatic nitrogens is 3. The Morgan fingerprint density at radius 3 is 2.37 bits per heavy atom. The van der Waals surface area contributed by atoms with E-state index in [1.54, 1.807) is 18.2 Å². The van der Waals surface area contributed by atoms with E-state index in [-0.39, 0.29) is 16.3 Å². The summed E-state index contributed by atoms with van der Waals surface area (Å²) in [7, 11) is -3.76. The van der Waals surface area contributed by atoms with E-state index < -0.39 is 10.0 Å². The lowest BCUT2D eigenvalue weighted by Gasteiger charge is -2.19. The Morgan fingerprint density at radius 2 is 1.74 bits per heavy atom. The Kier molecular flexibility index (Phi) is 5.26. The summed E-state index contributed by atoms with van der Waals surface area (Å²) in [6, 6.07) is 14.2. The Morgan fingerprint density at radius 1 is 1.07 bits per heavy atom. The molecule has 0 aliphatic heterocycles. The molecular weight excluding hydrogens is 384 g/mol. The lowest BCUT2D eigenvalue weighted by molar-refractivity contribution is 0.587. The normalized spacial score (nSPS) is 12.1. The van der Waals surface area contributed by atoms with Gasteiger partial charge in [-0.25, -0.2) is 17.8 Å². The second-order valence-corrected chi connectivity index (χ2v) is 9.33. The fraction of sp³-hybridized carbons (Fsp3) is 0.263. The number of sulfonamides is 1. The van der Waals surface area contributed by atoms with Crippen molar-refractivity contribution in [2.24, 2.45) is 0 Å². The third-order valence-electron chi connectivity index (χ3n) is 4.08. The van der Waals surface area contributed by atoms with Crippen molar-refractivity contribution < 1.29 is 8.42 Å². The molecule has 0 aliphatic rings. The Labute approximate surface area is 164 Å². The van der Waals surface area contributed by atoms with Crippen LogP contribution in [0.25, 0.3) is 0 Å². The van der Waals surface area contributed by atoms with E-state index in [0.717, 1.165) is 11.1 Å². The third-order valence-corrected chi connectivity index (χ3v) is 5.80. The van der Waals surface area contributed by atoms with E-state index in [4.69, 9.17) is 11.6 Å². The quantitative estimate of drug-likeness (QED) is 0.695. The zero-order valence-electron chi connectivity index (χ0n) is 15.3. The fourth-order valence-corrected chi connectivity index (χ4v) is 3.67. The summed E-state index contributed by atoms with van der Waals surface area (Å²) in [4.78, 5) is 4.19. The van der Waals surface area contributed by atoms with Crippen molar-refractivity contribution in [1.82, 2.24) is 14.8 Å². The molecule has 142 valence electrons. The van der Waals surface area contributed by atoms with Gasteiger partial charge < -0.3 is 0 Å². The topological polar surface area (TPSA) is 76.9 Å². The molecule has 0 aliphatic carbocycles. The molecule has 1 aromatic heterocycles. The molecule has 0 bridgehead atoms.